The Hall–Kier alpha value is -3.07. The lowest BCUT2D eigenvalue weighted by Gasteiger charge is -2.29. The zero-order chi connectivity index (χ0) is 20.3. The fourth-order valence-electron chi connectivity index (χ4n) is 5.58. The van der Waals surface area contributed by atoms with Crippen molar-refractivity contribution in [2.24, 2.45) is 11.8 Å². The van der Waals surface area contributed by atoms with Crippen LogP contribution in [-0.2, 0) is 4.74 Å². The predicted octanol–water partition coefficient (Wildman–Crippen LogP) is 1.24. The summed E-state index contributed by atoms with van der Waals surface area (Å²) in [6, 6.07) is 7.39. The quantitative estimate of drug-likeness (QED) is 0.697. The summed E-state index contributed by atoms with van der Waals surface area (Å²) in [4.78, 5) is 28.1. The van der Waals surface area contributed by atoms with Crippen LogP contribution in [0.1, 0.15) is 29.2 Å². The van der Waals surface area contributed by atoms with Crippen molar-refractivity contribution in [1.29, 1.82) is 0 Å². The molecule has 3 aromatic heterocycles. The number of carbonyl (C=O) groups excluding carboxylic acids is 1. The van der Waals surface area contributed by atoms with Gasteiger partial charge in [0.1, 0.15) is 23.7 Å². The molecule has 3 aliphatic rings. The van der Waals surface area contributed by atoms with E-state index < -0.39 is 0 Å². The average Bonchev–Trinajstić information content (AvgIpc) is 3.51. The molecule has 6 rings (SSSR count). The molecule has 0 aliphatic carbocycles. The van der Waals surface area contributed by atoms with Gasteiger partial charge in [0.2, 0.25) is 0 Å². The minimum atomic E-state index is -0.135. The standard InChI is InChI=1S/C21H23N7O2/c1-13-22-8-6-19(26-13)27-10-15-14(17-5-7-21(15,11-27)30-17)9-23-20(29)16-3-2-4-18-24-12-25-28(16)18/h2-4,6,8,12,14-15,17H,5,7,9-11H2,1H3,(H,23,29)/t14-,15+,17+,21+/m0/s1. The van der Waals surface area contributed by atoms with Crippen LogP contribution in [0.3, 0.4) is 0 Å². The van der Waals surface area contributed by atoms with E-state index in [0.29, 0.717) is 29.7 Å². The van der Waals surface area contributed by atoms with Gasteiger partial charge in [0.25, 0.3) is 5.91 Å². The van der Waals surface area contributed by atoms with Crippen LogP contribution in [0.4, 0.5) is 5.82 Å². The molecule has 1 N–H and O–H groups in total. The van der Waals surface area contributed by atoms with Crippen molar-refractivity contribution in [3.63, 3.8) is 0 Å². The molecule has 1 amide bonds. The molecular formula is C21H23N7O2. The van der Waals surface area contributed by atoms with Crippen LogP contribution in [-0.4, -0.2) is 61.8 Å². The maximum absolute atomic E-state index is 12.9. The van der Waals surface area contributed by atoms with Gasteiger partial charge in [0, 0.05) is 37.7 Å². The second kappa shape index (κ2) is 6.46. The summed E-state index contributed by atoms with van der Waals surface area (Å²) in [6.45, 7) is 4.26. The normalized spacial score (nSPS) is 29.5. The van der Waals surface area contributed by atoms with Gasteiger partial charge < -0.3 is 15.0 Å². The molecule has 6 heterocycles. The Morgan fingerprint density at radius 3 is 3.17 bits per heavy atom. The molecule has 1 spiro atoms. The molecule has 3 saturated heterocycles. The van der Waals surface area contributed by atoms with Gasteiger partial charge in [-0.3, -0.25) is 4.79 Å². The average molecular weight is 405 g/mol. The smallest absolute Gasteiger partial charge is 0.270 e. The summed E-state index contributed by atoms with van der Waals surface area (Å²) in [6.07, 6.45) is 5.61. The maximum Gasteiger partial charge on any atom is 0.270 e. The van der Waals surface area contributed by atoms with Gasteiger partial charge in [0.05, 0.1) is 11.7 Å². The predicted molar refractivity (Wildman–Crippen MR) is 108 cm³/mol. The summed E-state index contributed by atoms with van der Waals surface area (Å²) in [5, 5.41) is 7.29. The van der Waals surface area contributed by atoms with E-state index in [1.165, 1.54) is 6.33 Å². The molecule has 154 valence electrons. The number of anilines is 1. The molecule has 0 aromatic carbocycles. The molecule has 2 bridgehead atoms. The van der Waals surface area contributed by atoms with Crippen molar-refractivity contribution in [3.8, 4) is 0 Å². The molecule has 0 unspecified atom stereocenters. The van der Waals surface area contributed by atoms with Crippen LogP contribution in [0.25, 0.3) is 5.65 Å². The molecule has 9 heteroatoms. The number of ether oxygens (including phenoxy) is 1. The molecule has 30 heavy (non-hydrogen) atoms. The molecule has 3 aromatic rings. The molecule has 3 aliphatic heterocycles. The summed E-state index contributed by atoms with van der Waals surface area (Å²) in [7, 11) is 0. The summed E-state index contributed by atoms with van der Waals surface area (Å²) < 4.78 is 8.08. The van der Waals surface area contributed by atoms with Crippen molar-refractivity contribution in [2.45, 2.75) is 31.5 Å². The van der Waals surface area contributed by atoms with Crippen molar-refractivity contribution in [3.05, 3.63) is 48.3 Å². The number of hydrogen-bond donors (Lipinski definition) is 1. The van der Waals surface area contributed by atoms with E-state index in [0.717, 1.165) is 37.6 Å². The molecule has 0 radical (unpaired) electrons. The zero-order valence-electron chi connectivity index (χ0n) is 16.7. The van der Waals surface area contributed by atoms with Crippen LogP contribution in [0.5, 0.6) is 0 Å². The molecular weight excluding hydrogens is 382 g/mol. The van der Waals surface area contributed by atoms with E-state index >= 15 is 0 Å². The van der Waals surface area contributed by atoms with E-state index in [2.05, 4.69) is 30.3 Å². The number of hydrogen-bond acceptors (Lipinski definition) is 7. The van der Waals surface area contributed by atoms with Gasteiger partial charge in [-0.05, 0) is 38.0 Å². The molecule has 0 saturated carbocycles. The second-order valence-electron chi connectivity index (χ2n) is 8.52. The first-order valence-corrected chi connectivity index (χ1v) is 10.4. The number of fused-ring (bicyclic) bond motifs is 2. The van der Waals surface area contributed by atoms with Gasteiger partial charge in [-0.2, -0.15) is 5.10 Å². The number of nitrogens with one attached hydrogen (secondary N) is 1. The highest BCUT2D eigenvalue weighted by Gasteiger charge is 2.63. The van der Waals surface area contributed by atoms with E-state index in [1.807, 2.05) is 31.3 Å². The van der Waals surface area contributed by atoms with Gasteiger partial charge >= 0.3 is 0 Å². The number of rotatable bonds is 4. The second-order valence-corrected chi connectivity index (χ2v) is 8.52. The lowest BCUT2D eigenvalue weighted by Crippen LogP contribution is -2.42. The van der Waals surface area contributed by atoms with E-state index in [-0.39, 0.29) is 17.6 Å². The fourth-order valence-corrected chi connectivity index (χ4v) is 5.58. The number of carbonyl (C=O) groups is 1. The van der Waals surface area contributed by atoms with E-state index in [1.54, 1.807) is 10.6 Å². The Balaban J connectivity index is 1.20. The first-order valence-electron chi connectivity index (χ1n) is 10.4. The Labute approximate surface area is 173 Å². The third-order valence-corrected chi connectivity index (χ3v) is 6.90. The molecule has 4 atom stereocenters. The van der Waals surface area contributed by atoms with Crippen LogP contribution in [0.15, 0.2) is 36.8 Å². The van der Waals surface area contributed by atoms with Crippen LogP contribution >= 0.6 is 0 Å². The third-order valence-electron chi connectivity index (χ3n) is 6.90. The van der Waals surface area contributed by atoms with Crippen molar-refractivity contribution >= 4 is 17.4 Å². The lowest BCUT2D eigenvalue weighted by atomic mass is 9.73. The number of pyridine rings is 1. The first-order chi connectivity index (χ1) is 14.6. The molecule has 9 nitrogen and oxygen atoms in total. The minimum absolute atomic E-state index is 0.120. The summed E-state index contributed by atoms with van der Waals surface area (Å²) >= 11 is 0. The Morgan fingerprint density at radius 1 is 1.33 bits per heavy atom. The van der Waals surface area contributed by atoms with Crippen molar-refractivity contribution in [2.75, 3.05) is 24.5 Å². The highest BCUT2D eigenvalue weighted by Crippen LogP contribution is 2.55. The number of aromatic nitrogens is 5. The summed E-state index contributed by atoms with van der Waals surface area (Å²) in [5.41, 5.74) is 1.04. The third kappa shape index (κ3) is 2.61. The fraction of sp³-hybridized carbons (Fsp3) is 0.476. The van der Waals surface area contributed by atoms with Crippen molar-refractivity contribution in [1.82, 2.24) is 29.9 Å². The lowest BCUT2D eigenvalue weighted by molar-refractivity contribution is 0.0141. The monoisotopic (exact) mass is 405 g/mol. The number of amides is 1. The van der Waals surface area contributed by atoms with Crippen molar-refractivity contribution < 1.29 is 9.53 Å². The Kier molecular flexibility index (Phi) is 3.83. The Bertz CT molecular complexity index is 1130. The van der Waals surface area contributed by atoms with Crippen LogP contribution in [0.2, 0.25) is 0 Å². The van der Waals surface area contributed by atoms with Crippen LogP contribution in [0, 0.1) is 18.8 Å². The topological polar surface area (TPSA) is 97.5 Å². The van der Waals surface area contributed by atoms with Gasteiger partial charge in [-0.15, -0.1) is 0 Å². The van der Waals surface area contributed by atoms with Gasteiger partial charge in [0.15, 0.2) is 5.65 Å². The van der Waals surface area contributed by atoms with Crippen LogP contribution < -0.4 is 10.2 Å². The molecule has 3 fully saturated rings. The highest BCUT2D eigenvalue weighted by molar-refractivity contribution is 5.93. The van der Waals surface area contributed by atoms with E-state index in [9.17, 15) is 4.79 Å². The van der Waals surface area contributed by atoms with E-state index in [4.69, 9.17) is 4.74 Å². The SMILES string of the molecule is Cc1nccc(N2C[C@@H]3[C@H](CNC(=O)c4cccc5ncnn45)[C@H]4CC[C@]3(C2)O4)n1. The zero-order valence-corrected chi connectivity index (χ0v) is 16.7. The van der Waals surface area contributed by atoms with Gasteiger partial charge in [-0.1, -0.05) is 6.07 Å². The summed E-state index contributed by atoms with van der Waals surface area (Å²) in [5.74, 6) is 2.28. The highest BCUT2D eigenvalue weighted by atomic mass is 16.5. The maximum atomic E-state index is 12.9. The van der Waals surface area contributed by atoms with Gasteiger partial charge in [-0.25, -0.2) is 19.5 Å². The number of aryl methyl sites for hydroxylation is 1. The largest absolute Gasteiger partial charge is 0.369 e. The Morgan fingerprint density at radius 2 is 2.27 bits per heavy atom. The first kappa shape index (κ1) is 17.8. The minimum Gasteiger partial charge on any atom is -0.369 e. The number of nitrogens with zero attached hydrogens (tertiary/aromatic N) is 6.